The molecule has 0 aliphatic heterocycles. The van der Waals surface area contributed by atoms with Gasteiger partial charge in [0.25, 0.3) is 0 Å². The average Bonchev–Trinajstić information content (AvgIpc) is 2.42. The number of carbonyl (C=O) groups is 1. The lowest BCUT2D eigenvalue weighted by atomic mass is 9.96. The van der Waals surface area contributed by atoms with Crippen molar-refractivity contribution >= 4 is 5.78 Å². The SMILES string of the molecule is Cc1cccc(C)c1CC(=O)CCc1cccnc1. The van der Waals surface area contributed by atoms with Gasteiger partial charge in [0.05, 0.1) is 0 Å². The van der Waals surface area contributed by atoms with Crippen molar-refractivity contribution in [3.8, 4) is 0 Å². The van der Waals surface area contributed by atoms with Crippen LogP contribution in [0.25, 0.3) is 0 Å². The summed E-state index contributed by atoms with van der Waals surface area (Å²) >= 11 is 0. The molecule has 0 aliphatic carbocycles. The predicted molar refractivity (Wildman–Crippen MR) is 77.2 cm³/mol. The summed E-state index contributed by atoms with van der Waals surface area (Å²) in [6.07, 6.45) is 5.48. The molecule has 2 rings (SSSR count). The van der Waals surface area contributed by atoms with Crippen molar-refractivity contribution in [3.05, 3.63) is 65.0 Å². The van der Waals surface area contributed by atoms with E-state index >= 15 is 0 Å². The van der Waals surface area contributed by atoms with Gasteiger partial charge in [0, 0.05) is 25.2 Å². The Morgan fingerprint density at radius 3 is 2.47 bits per heavy atom. The summed E-state index contributed by atoms with van der Waals surface area (Å²) in [7, 11) is 0. The van der Waals surface area contributed by atoms with E-state index < -0.39 is 0 Å². The maximum atomic E-state index is 12.1. The average molecular weight is 253 g/mol. The Morgan fingerprint density at radius 1 is 1.11 bits per heavy atom. The molecule has 0 N–H and O–H groups in total. The summed E-state index contributed by atoms with van der Waals surface area (Å²) in [6, 6.07) is 10.1. The fraction of sp³-hybridized carbons (Fsp3) is 0.294. The first-order chi connectivity index (χ1) is 9.16. The number of hydrogen-bond acceptors (Lipinski definition) is 2. The number of benzene rings is 1. The Bertz CT molecular complexity index is 540. The highest BCUT2D eigenvalue weighted by Crippen LogP contribution is 2.15. The van der Waals surface area contributed by atoms with Gasteiger partial charge in [0.15, 0.2) is 0 Å². The lowest BCUT2D eigenvalue weighted by Gasteiger charge is -2.08. The lowest BCUT2D eigenvalue weighted by molar-refractivity contribution is -0.118. The number of Topliss-reactive ketones (excluding diaryl/α,β-unsaturated/α-hetero) is 1. The van der Waals surface area contributed by atoms with Crippen LogP contribution < -0.4 is 0 Å². The van der Waals surface area contributed by atoms with Crippen LogP contribution in [0.4, 0.5) is 0 Å². The first kappa shape index (κ1) is 13.5. The van der Waals surface area contributed by atoms with E-state index in [0.717, 1.165) is 12.0 Å². The first-order valence-electron chi connectivity index (χ1n) is 6.62. The third-order valence-corrected chi connectivity index (χ3v) is 3.43. The van der Waals surface area contributed by atoms with Crippen molar-refractivity contribution < 1.29 is 4.79 Å². The molecule has 2 aromatic rings. The molecule has 0 saturated heterocycles. The summed E-state index contributed by atoms with van der Waals surface area (Å²) in [5, 5.41) is 0. The fourth-order valence-corrected chi connectivity index (χ4v) is 2.24. The van der Waals surface area contributed by atoms with Gasteiger partial charge < -0.3 is 0 Å². The number of carbonyl (C=O) groups excluding carboxylic acids is 1. The largest absolute Gasteiger partial charge is 0.299 e. The Morgan fingerprint density at radius 2 is 1.84 bits per heavy atom. The molecular weight excluding hydrogens is 234 g/mol. The van der Waals surface area contributed by atoms with Crippen LogP contribution >= 0.6 is 0 Å². The zero-order valence-electron chi connectivity index (χ0n) is 11.5. The van der Waals surface area contributed by atoms with E-state index in [1.165, 1.54) is 16.7 Å². The molecule has 1 aromatic carbocycles. The predicted octanol–water partition coefficient (Wildman–Crippen LogP) is 3.44. The molecule has 0 amide bonds. The van der Waals surface area contributed by atoms with Crippen molar-refractivity contribution in [2.45, 2.75) is 33.1 Å². The quantitative estimate of drug-likeness (QED) is 0.817. The Balaban J connectivity index is 1.95. The van der Waals surface area contributed by atoms with Crippen molar-refractivity contribution in [3.63, 3.8) is 0 Å². The third-order valence-electron chi connectivity index (χ3n) is 3.43. The second-order valence-corrected chi connectivity index (χ2v) is 4.95. The number of aromatic nitrogens is 1. The number of hydrogen-bond donors (Lipinski definition) is 0. The smallest absolute Gasteiger partial charge is 0.137 e. The van der Waals surface area contributed by atoms with Gasteiger partial charge in [-0.15, -0.1) is 0 Å². The molecule has 0 aliphatic rings. The molecule has 1 aromatic heterocycles. The van der Waals surface area contributed by atoms with E-state index in [4.69, 9.17) is 0 Å². The van der Waals surface area contributed by atoms with Gasteiger partial charge in [-0.3, -0.25) is 9.78 Å². The van der Waals surface area contributed by atoms with Crippen LogP contribution in [-0.4, -0.2) is 10.8 Å². The molecule has 0 saturated carbocycles. The van der Waals surface area contributed by atoms with Gasteiger partial charge in [-0.05, 0) is 48.6 Å². The van der Waals surface area contributed by atoms with E-state index in [-0.39, 0.29) is 0 Å². The van der Waals surface area contributed by atoms with Gasteiger partial charge in [0.1, 0.15) is 5.78 Å². The molecule has 1 heterocycles. The highest BCUT2D eigenvalue weighted by Gasteiger charge is 2.08. The monoisotopic (exact) mass is 253 g/mol. The molecule has 0 spiro atoms. The Labute approximate surface area is 114 Å². The summed E-state index contributed by atoms with van der Waals surface area (Å²) in [5.74, 6) is 0.293. The van der Waals surface area contributed by atoms with Crippen molar-refractivity contribution in [2.24, 2.45) is 0 Å². The van der Waals surface area contributed by atoms with Gasteiger partial charge in [-0.1, -0.05) is 24.3 Å². The minimum Gasteiger partial charge on any atom is -0.299 e. The maximum Gasteiger partial charge on any atom is 0.137 e. The summed E-state index contributed by atoms with van der Waals surface area (Å²) in [6.45, 7) is 4.13. The molecule has 0 atom stereocenters. The maximum absolute atomic E-state index is 12.1. The molecule has 19 heavy (non-hydrogen) atoms. The minimum atomic E-state index is 0.293. The van der Waals surface area contributed by atoms with Crippen LogP contribution in [0, 0.1) is 13.8 Å². The van der Waals surface area contributed by atoms with E-state index in [2.05, 4.69) is 31.0 Å². The summed E-state index contributed by atoms with van der Waals surface area (Å²) in [4.78, 5) is 16.1. The number of pyridine rings is 1. The van der Waals surface area contributed by atoms with Crippen molar-refractivity contribution in [2.75, 3.05) is 0 Å². The Kier molecular flexibility index (Phi) is 4.45. The van der Waals surface area contributed by atoms with E-state index in [9.17, 15) is 4.79 Å². The van der Waals surface area contributed by atoms with Crippen LogP contribution in [0.5, 0.6) is 0 Å². The highest BCUT2D eigenvalue weighted by atomic mass is 16.1. The van der Waals surface area contributed by atoms with Crippen LogP contribution in [0.1, 0.15) is 28.7 Å². The van der Waals surface area contributed by atoms with Crippen LogP contribution in [0.2, 0.25) is 0 Å². The molecule has 0 unspecified atom stereocenters. The molecule has 98 valence electrons. The van der Waals surface area contributed by atoms with Gasteiger partial charge >= 0.3 is 0 Å². The molecule has 0 fully saturated rings. The van der Waals surface area contributed by atoms with Crippen LogP contribution in [-0.2, 0) is 17.6 Å². The number of aryl methyl sites for hydroxylation is 3. The molecular formula is C17H19NO. The normalized spacial score (nSPS) is 10.4. The lowest BCUT2D eigenvalue weighted by Crippen LogP contribution is -2.07. The zero-order valence-corrected chi connectivity index (χ0v) is 11.5. The van der Waals surface area contributed by atoms with Gasteiger partial charge in [0.2, 0.25) is 0 Å². The molecule has 2 nitrogen and oxygen atoms in total. The number of nitrogens with zero attached hydrogens (tertiary/aromatic N) is 1. The zero-order chi connectivity index (χ0) is 13.7. The second-order valence-electron chi connectivity index (χ2n) is 4.95. The number of ketones is 1. The highest BCUT2D eigenvalue weighted by molar-refractivity contribution is 5.81. The third kappa shape index (κ3) is 3.75. The summed E-state index contributed by atoms with van der Waals surface area (Å²) in [5.41, 5.74) is 4.71. The molecule has 0 radical (unpaired) electrons. The van der Waals surface area contributed by atoms with Gasteiger partial charge in [-0.2, -0.15) is 0 Å². The van der Waals surface area contributed by atoms with E-state index in [1.807, 2.05) is 24.4 Å². The van der Waals surface area contributed by atoms with Crippen LogP contribution in [0.15, 0.2) is 42.7 Å². The van der Waals surface area contributed by atoms with Crippen molar-refractivity contribution in [1.82, 2.24) is 4.98 Å². The minimum absolute atomic E-state index is 0.293. The topological polar surface area (TPSA) is 30.0 Å². The Hall–Kier alpha value is -1.96. The number of rotatable bonds is 5. The van der Waals surface area contributed by atoms with Crippen LogP contribution in [0.3, 0.4) is 0 Å². The van der Waals surface area contributed by atoms with Crippen molar-refractivity contribution in [1.29, 1.82) is 0 Å². The van der Waals surface area contributed by atoms with Gasteiger partial charge in [-0.25, -0.2) is 0 Å². The fourth-order valence-electron chi connectivity index (χ4n) is 2.24. The summed E-state index contributed by atoms with van der Waals surface area (Å²) < 4.78 is 0. The first-order valence-corrected chi connectivity index (χ1v) is 6.62. The van der Waals surface area contributed by atoms with E-state index in [1.54, 1.807) is 6.20 Å². The van der Waals surface area contributed by atoms with E-state index in [0.29, 0.717) is 18.6 Å². The molecule has 2 heteroatoms. The standard InChI is InChI=1S/C17H19NO/c1-13-5-3-6-14(2)17(13)11-16(19)9-8-15-7-4-10-18-12-15/h3-7,10,12H,8-9,11H2,1-2H3. The second kappa shape index (κ2) is 6.28. The molecule has 0 bridgehead atoms.